The minimum atomic E-state index is -0.324. The first-order valence-corrected chi connectivity index (χ1v) is 13.2. The van der Waals surface area contributed by atoms with Crippen LogP contribution >= 0.6 is 0 Å². The molecule has 0 aromatic heterocycles. The molecule has 0 radical (unpaired) electrons. The second-order valence-corrected chi connectivity index (χ2v) is 12.8. The molecule has 2 N–H and O–H groups in total. The van der Waals surface area contributed by atoms with E-state index in [4.69, 9.17) is 0 Å². The number of aliphatic hydroxyl groups excluding tert-OH is 2. The van der Waals surface area contributed by atoms with Crippen LogP contribution in [0.2, 0.25) is 0 Å². The predicted octanol–water partition coefficient (Wildman–Crippen LogP) is 6.77. The number of allylic oxidation sites excluding steroid dienone is 2. The van der Waals surface area contributed by atoms with Gasteiger partial charge in [0, 0.05) is 0 Å². The van der Waals surface area contributed by atoms with Crippen LogP contribution in [0.1, 0.15) is 93.4 Å². The summed E-state index contributed by atoms with van der Waals surface area (Å²) in [6.45, 7) is 16.8. The van der Waals surface area contributed by atoms with Crippen molar-refractivity contribution >= 4 is 0 Å². The molecule has 176 valence electrons. The summed E-state index contributed by atoms with van der Waals surface area (Å²) in [5, 5.41) is 21.6. The Kier molecular flexibility index (Phi) is 6.32. The van der Waals surface area contributed by atoms with Gasteiger partial charge in [-0.2, -0.15) is 0 Å². The van der Waals surface area contributed by atoms with E-state index < -0.39 is 0 Å². The van der Waals surface area contributed by atoms with Gasteiger partial charge in [-0.15, -0.1) is 0 Å². The predicted molar refractivity (Wildman–Crippen MR) is 130 cm³/mol. The highest BCUT2D eigenvalue weighted by atomic mass is 16.3. The number of aliphatic hydroxyl groups is 2. The van der Waals surface area contributed by atoms with E-state index in [1.807, 2.05) is 0 Å². The maximum Gasteiger partial charge on any atom is 0.0757 e. The van der Waals surface area contributed by atoms with Crippen LogP contribution in [0.3, 0.4) is 0 Å². The van der Waals surface area contributed by atoms with E-state index in [0.717, 1.165) is 25.2 Å². The number of rotatable bonds is 4. The number of fused-ring (bicyclic) bond motifs is 5. The van der Waals surface area contributed by atoms with E-state index in [1.165, 1.54) is 31.3 Å². The molecule has 0 bridgehead atoms. The molecule has 0 spiro atoms. The molecular weight excluding hydrogens is 380 g/mol. The molecule has 4 rings (SSSR count). The smallest absolute Gasteiger partial charge is 0.0757 e. The fourth-order valence-corrected chi connectivity index (χ4v) is 8.74. The standard InChI is InChI=1S/C29H48O2/c1-17(2)20(5)18(3)14-19(4)23-8-9-24-27-25(11-13-29(23,24)7)28(6)12-10-22(30)15-21(28)16-26(27)31/h14,16-17,19-20,22-27,30-31H,8-13,15H2,1-7H3/b18-14+/t19-,20?,22?,23-,24+,25+,26?,27+,28+,29-/m1/s1. The van der Waals surface area contributed by atoms with Crippen molar-refractivity contribution in [2.24, 2.45) is 52.3 Å². The second-order valence-electron chi connectivity index (χ2n) is 12.8. The summed E-state index contributed by atoms with van der Waals surface area (Å²) in [4.78, 5) is 0. The monoisotopic (exact) mass is 428 g/mol. The van der Waals surface area contributed by atoms with Crippen LogP contribution in [-0.2, 0) is 0 Å². The van der Waals surface area contributed by atoms with Crippen molar-refractivity contribution in [1.82, 2.24) is 0 Å². The highest BCUT2D eigenvalue weighted by molar-refractivity contribution is 5.28. The van der Waals surface area contributed by atoms with E-state index in [1.54, 1.807) is 5.57 Å². The van der Waals surface area contributed by atoms with Crippen LogP contribution in [-0.4, -0.2) is 22.4 Å². The fraction of sp³-hybridized carbons (Fsp3) is 0.862. The molecule has 0 aromatic rings. The summed E-state index contributed by atoms with van der Waals surface area (Å²) in [5.41, 5.74) is 3.45. The third-order valence-electron chi connectivity index (χ3n) is 11.1. The maximum absolute atomic E-state index is 11.3. The topological polar surface area (TPSA) is 40.5 Å². The Morgan fingerprint density at radius 1 is 1.00 bits per heavy atom. The first-order chi connectivity index (χ1) is 14.5. The van der Waals surface area contributed by atoms with E-state index in [2.05, 4.69) is 60.6 Å². The minimum absolute atomic E-state index is 0.192. The highest BCUT2D eigenvalue weighted by Gasteiger charge is 2.61. The number of hydrogen-bond donors (Lipinski definition) is 2. The average Bonchev–Trinajstić information content (AvgIpc) is 3.05. The largest absolute Gasteiger partial charge is 0.393 e. The molecule has 0 aromatic carbocycles. The van der Waals surface area contributed by atoms with Crippen LogP contribution in [0.5, 0.6) is 0 Å². The van der Waals surface area contributed by atoms with Crippen LogP contribution in [0.25, 0.3) is 0 Å². The van der Waals surface area contributed by atoms with Gasteiger partial charge in [0.2, 0.25) is 0 Å². The fourth-order valence-electron chi connectivity index (χ4n) is 8.74. The summed E-state index contributed by atoms with van der Waals surface area (Å²) >= 11 is 0. The van der Waals surface area contributed by atoms with E-state index in [9.17, 15) is 10.2 Å². The molecule has 2 heteroatoms. The Labute approximate surface area is 191 Å². The van der Waals surface area contributed by atoms with Gasteiger partial charge >= 0.3 is 0 Å². The molecule has 31 heavy (non-hydrogen) atoms. The Bertz CT molecular complexity index is 735. The van der Waals surface area contributed by atoms with E-state index in [-0.39, 0.29) is 17.6 Å². The molecule has 0 aliphatic heterocycles. The Hall–Kier alpha value is -0.600. The lowest BCUT2D eigenvalue weighted by atomic mass is 9.46. The van der Waals surface area contributed by atoms with E-state index in [0.29, 0.717) is 40.9 Å². The summed E-state index contributed by atoms with van der Waals surface area (Å²) in [5.74, 6) is 4.30. The molecular formula is C29H48O2. The van der Waals surface area contributed by atoms with Crippen LogP contribution < -0.4 is 0 Å². The Morgan fingerprint density at radius 3 is 2.39 bits per heavy atom. The summed E-state index contributed by atoms with van der Waals surface area (Å²) in [6, 6.07) is 0. The van der Waals surface area contributed by atoms with Crippen molar-refractivity contribution in [1.29, 1.82) is 0 Å². The van der Waals surface area contributed by atoms with Crippen molar-refractivity contribution in [3.05, 3.63) is 23.3 Å². The zero-order chi connectivity index (χ0) is 22.7. The molecule has 0 amide bonds. The molecule has 10 atom stereocenters. The lowest BCUT2D eigenvalue weighted by Gasteiger charge is -2.59. The quantitative estimate of drug-likeness (QED) is 0.485. The summed E-state index contributed by atoms with van der Waals surface area (Å²) in [6.07, 6.45) is 12.2. The molecule has 3 fully saturated rings. The SMILES string of the molecule is C/C(=C\[C@@H](C)[C@H]1CC[C@H]2[C@@H]3C(O)C=C4CC(O)CC[C@]4(C)[C@H]3CC[C@]12C)C(C)C(C)C. The van der Waals surface area contributed by atoms with Gasteiger partial charge in [0.15, 0.2) is 0 Å². The molecule has 0 heterocycles. The second kappa shape index (κ2) is 8.32. The molecule has 3 unspecified atom stereocenters. The summed E-state index contributed by atoms with van der Waals surface area (Å²) in [7, 11) is 0. The van der Waals surface area contributed by atoms with Crippen molar-refractivity contribution in [2.75, 3.05) is 0 Å². The lowest BCUT2D eigenvalue weighted by Crippen LogP contribution is -2.54. The molecule has 3 saturated carbocycles. The van der Waals surface area contributed by atoms with Gasteiger partial charge in [0.1, 0.15) is 0 Å². The van der Waals surface area contributed by atoms with Crippen molar-refractivity contribution in [3.63, 3.8) is 0 Å². The first-order valence-electron chi connectivity index (χ1n) is 13.2. The third-order valence-corrected chi connectivity index (χ3v) is 11.1. The zero-order valence-corrected chi connectivity index (χ0v) is 21.2. The summed E-state index contributed by atoms with van der Waals surface area (Å²) < 4.78 is 0. The average molecular weight is 429 g/mol. The van der Waals surface area contributed by atoms with Crippen molar-refractivity contribution in [2.45, 2.75) is 106 Å². The third kappa shape index (κ3) is 3.78. The normalized spacial score (nSPS) is 47.3. The number of hydrogen-bond acceptors (Lipinski definition) is 2. The molecule has 4 aliphatic carbocycles. The molecule has 0 saturated heterocycles. The van der Waals surface area contributed by atoms with Crippen molar-refractivity contribution < 1.29 is 10.2 Å². The van der Waals surface area contributed by atoms with Crippen LogP contribution in [0, 0.1) is 52.3 Å². The van der Waals surface area contributed by atoms with Crippen LogP contribution in [0.15, 0.2) is 23.3 Å². The van der Waals surface area contributed by atoms with Crippen LogP contribution in [0.4, 0.5) is 0 Å². The maximum atomic E-state index is 11.3. The van der Waals surface area contributed by atoms with Gasteiger partial charge in [-0.1, -0.05) is 64.8 Å². The van der Waals surface area contributed by atoms with Crippen molar-refractivity contribution in [3.8, 4) is 0 Å². The minimum Gasteiger partial charge on any atom is -0.393 e. The van der Waals surface area contributed by atoms with Gasteiger partial charge in [-0.25, -0.2) is 0 Å². The molecule has 4 aliphatic rings. The van der Waals surface area contributed by atoms with Gasteiger partial charge in [0.05, 0.1) is 12.2 Å². The molecule has 2 nitrogen and oxygen atoms in total. The van der Waals surface area contributed by atoms with E-state index >= 15 is 0 Å². The Morgan fingerprint density at radius 2 is 1.71 bits per heavy atom. The lowest BCUT2D eigenvalue weighted by molar-refractivity contribution is -0.0951. The zero-order valence-electron chi connectivity index (χ0n) is 21.2. The van der Waals surface area contributed by atoms with Gasteiger partial charge in [-0.05, 0) is 104 Å². The highest BCUT2D eigenvalue weighted by Crippen LogP contribution is 2.67. The first kappa shape index (κ1) is 23.6. The van der Waals surface area contributed by atoms with Gasteiger partial charge in [-0.3, -0.25) is 0 Å². The van der Waals surface area contributed by atoms with Gasteiger partial charge in [0.25, 0.3) is 0 Å². The van der Waals surface area contributed by atoms with Gasteiger partial charge < -0.3 is 10.2 Å². The Balaban J connectivity index is 1.59.